The lowest BCUT2D eigenvalue weighted by molar-refractivity contribution is -0.469. The monoisotopic (exact) mass is 223 g/mol. The lowest BCUT2D eigenvalue weighted by atomic mass is 10.2. The predicted molar refractivity (Wildman–Crippen MR) is 60.8 cm³/mol. The second-order valence-corrected chi connectivity index (χ2v) is 3.14. The number of carbonyl (C=O) groups is 1. The molecule has 0 aliphatic heterocycles. The Morgan fingerprint density at radius 3 is 3.12 bits per heavy atom. The molecule has 0 aliphatic carbocycles. The zero-order chi connectivity index (χ0) is 11.8. The van der Waals surface area contributed by atoms with Gasteiger partial charge in [0.1, 0.15) is 18.5 Å². The van der Waals surface area contributed by atoms with Crippen molar-refractivity contribution in [3.8, 4) is 0 Å². The van der Waals surface area contributed by atoms with E-state index in [4.69, 9.17) is 4.74 Å². The fourth-order valence-electron chi connectivity index (χ4n) is 1.14. The third-order valence-electron chi connectivity index (χ3n) is 1.88. The molecule has 0 amide bonds. The van der Waals surface area contributed by atoms with Gasteiger partial charge in [-0.05, 0) is 12.1 Å². The number of rotatable bonds is 5. The Bertz CT molecular complexity index is 377. The van der Waals surface area contributed by atoms with E-state index >= 15 is 0 Å². The Balaban J connectivity index is 2.58. The van der Waals surface area contributed by atoms with E-state index in [1.807, 2.05) is 0 Å². The highest BCUT2D eigenvalue weighted by molar-refractivity contribution is 5.85. The second kappa shape index (κ2) is 6.58. The number of nitrogens with one attached hydrogen (secondary N) is 2. The number of aldehydes is 1. The number of anilines is 1. The van der Waals surface area contributed by atoms with Gasteiger partial charge in [-0.1, -0.05) is 12.1 Å². The number of aliphatic hydroxyl groups is 1. The highest BCUT2D eigenvalue weighted by Gasteiger charge is 2.04. The smallest absolute Gasteiger partial charge is 0.444 e. The van der Waals surface area contributed by atoms with Gasteiger partial charge in [-0.15, -0.1) is 0 Å². The van der Waals surface area contributed by atoms with Gasteiger partial charge < -0.3 is 9.84 Å². The molecule has 0 fully saturated rings. The van der Waals surface area contributed by atoms with E-state index in [9.17, 15) is 9.90 Å². The molecule has 0 saturated heterocycles. The molecule has 0 unspecified atom stereocenters. The maximum atomic E-state index is 10.5. The molecule has 0 spiro atoms. The van der Waals surface area contributed by atoms with Crippen LogP contribution in [0.2, 0.25) is 0 Å². The number of carbonyl (C=O) groups excluding carboxylic acids is 1. The fourth-order valence-corrected chi connectivity index (χ4v) is 1.14. The van der Waals surface area contributed by atoms with Gasteiger partial charge >= 0.3 is 6.02 Å². The number of aliphatic hydroxyl groups excluding tert-OH is 1. The maximum Gasteiger partial charge on any atom is 0.444 e. The first kappa shape index (κ1) is 12.2. The van der Waals surface area contributed by atoms with Crippen LogP contribution in [0.25, 0.3) is 0 Å². The molecular formula is C11H15N2O3+. The van der Waals surface area contributed by atoms with E-state index in [2.05, 4.69) is 10.3 Å². The summed E-state index contributed by atoms with van der Waals surface area (Å²) >= 11 is 0. The highest BCUT2D eigenvalue weighted by Crippen LogP contribution is 2.07. The quantitative estimate of drug-likeness (QED) is 0.274. The first-order chi connectivity index (χ1) is 7.76. The van der Waals surface area contributed by atoms with Crippen molar-refractivity contribution in [2.24, 2.45) is 0 Å². The molecule has 0 saturated carbocycles. The van der Waals surface area contributed by atoms with Gasteiger partial charge in [0.25, 0.3) is 0 Å². The van der Waals surface area contributed by atoms with Crippen molar-refractivity contribution in [3.05, 3.63) is 29.8 Å². The van der Waals surface area contributed by atoms with Gasteiger partial charge in [0.15, 0.2) is 0 Å². The Morgan fingerprint density at radius 1 is 1.62 bits per heavy atom. The molecule has 5 heteroatoms. The summed E-state index contributed by atoms with van der Waals surface area (Å²) in [5.41, 5.74) is 1.20. The number of hydrogen-bond acceptors (Lipinski definition) is 2. The van der Waals surface area contributed by atoms with E-state index in [1.54, 1.807) is 31.4 Å². The van der Waals surface area contributed by atoms with Gasteiger partial charge in [0, 0.05) is 12.7 Å². The Labute approximate surface area is 93.8 Å². The molecule has 16 heavy (non-hydrogen) atoms. The molecule has 3 N–H and O–H groups in total. The minimum atomic E-state index is -0.0694. The fraction of sp³-hybridized carbons (Fsp3) is 0.273. The average molecular weight is 223 g/mol. The van der Waals surface area contributed by atoms with Crippen LogP contribution in [0.4, 0.5) is 5.69 Å². The second-order valence-electron chi connectivity index (χ2n) is 3.14. The van der Waals surface area contributed by atoms with Crippen LogP contribution in [0.3, 0.4) is 0 Å². The minimum Gasteiger partial charge on any atom is -0.447 e. The molecule has 5 nitrogen and oxygen atoms in total. The number of methoxy groups -OCH3 is 1. The third kappa shape index (κ3) is 4.10. The van der Waals surface area contributed by atoms with Crippen molar-refractivity contribution in [2.75, 3.05) is 25.6 Å². The molecule has 0 aliphatic rings. The minimum absolute atomic E-state index is 0.0694. The van der Waals surface area contributed by atoms with E-state index in [1.165, 1.54) is 0 Å². The van der Waals surface area contributed by atoms with Crippen molar-refractivity contribution in [1.82, 2.24) is 0 Å². The van der Waals surface area contributed by atoms with Gasteiger partial charge in [0.2, 0.25) is 0 Å². The van der Waals surface area contributed by atoms with Crippen LogP contribution in [0.1, 0.15) is 10.4 Å². The van der Waals surface area contributed by atoms with Crippen LogP contribution in [0.5, 0.6) is 0 Å². The number of benzene rings is 1. The zero-order valence-corrected chi connectivity index (χ0v) is 9.06. The third-order valence-corrected chi connectivity index (χ3v) is 1.88. The van der Waals surface area contributed by atoms with Crippen molar-refractivity contribution >= 4 is 18.0 Å². The van der Waals surface area contributed by atoms with Crippen LogP contribution >= 0.6 is 0 Å². The van der Waals surface area contributed by atoms with Crippen LogP contribution in [0.15, 0.2) is 24.3 Å². The van der Waals surface area contributed by atoms with Crippen molar-refractivity contribution in [2.45, 2.75) is 0 Å². The average Bonchev–Trinajstić information content (AvgIpc) is 2.29. The summed E-state index contributed by atoms with van der Waals surface area (Å²) in [6.45, 7) is 1.00. The van der Waals surface area contributed by atoms with Gasteiger partial charge in [-0.25, -0.2) is 10.3 Å². The van der Waals surface area contributed by atoms with Gasteiger partial charge in [-0.3, -0.25) is 4.79 Å². The lowest BCUT2D eigenvalue weighted by Gasteiger charge is -1.98. The molecule has 0 bridgehead atoms. The molecule has 1 aromatic rings. The summed E-state index contributed by atoms with van der Waals surface area (Å²) in [6, 6.07) is 6.74. The van der Waals surface area contributed by atoms with Crippen LogP contribution in [0, 0.1) is 0 Å². The Hall–Kier alpha value is -1.88. The molecular weight excluding hydrogens is 208 g/mol. The highest BCUT2D eigenvalue weighted by atomic mass is 16.5. The number of ether oxygens (including phenoxy) is 1. The first-order valence-electron chi connectivity index (χ1n) is 4.87. The Morgan fingerprint density at radius 2 is 2.44 bits per heavy atom. The van der Waals surface area contributed by atoms with E-state index in [0.29, 0.717) is 24.4 Å². The van der Waals surface area contributed by atoms with E-state index < -0.39 is 0 Å². The van der Waals surface area contributed by atoms with E-state index in [-0.39, 0.29) is 6.02 Å². The largest absolute Gasteiger partial charge is 0.447 e. The molecule has 1 rings (SSSR count). The first-order valence-corrected chi connectivity index (χ1v) is 4.87. The SMILES string of the molecule is COCC[NH+]=C(O)Nc1cccc(C=O)c1. The predicted octanol–water partition coefficient (Wildman–Crippen LogP) is -0.448. The summed E-state index contributed by atoms with van der Waals surface area (Å²) in [7, 11) is 1.58. The summed E-state index contributed by atoms with van der Waals surface area (Å²) in [5, 5.41) is 12.2. The van der Waals surface area contributed by atoms with Gasteiger partial charge in [0.05, 0.1) is 6.61 Å². The molecule has 0 aromatic heterocycles. The molecule has 86 valence electrons. The van der Waals surface area contributed by atoms with E-state index in [0.717, 1.165) is 6.29 Å². The summed E-state index contributed by atoms with van der Waals surface area (Å²) in [5.74, 6) is 0. The molecule has 1 aromatic carbocycles. The van der Waals surface area contributed by atoms with Crippen molar-refractivity contribution < 1.29 is 19.6 Å². The maximum absolute atomic E-state index is 10.5. The summed E-state index contributed by atoms with van der Waals surface area (Å²) in [6.07, 6.45) is 0.751. The summed E-state index contributed by atoms with van der Waals surface area (Å²) in [4.78, 5) is 13.2. The van der Waals surface area contributed by atoms with Crippen molar-refractivity contribution in [1.29, 1.82) is 0 Å². The number of amidine groups is 1. The molecule has 0 radical (unpaired) electrons. The Kier molecular flexibility index (Phi) is 5.01. The zero-order valence-electron chi connectivity index (χ0n) is 9.06. The molecule has 0 heterocycles. The van der Waals surface area contributed by atoms with Crippen molar-refractivity contribution in [3.63, 3.8) is 0 Å². The molecule has 0 atom stereocenters. The standard InChI is InChI=1S/C11H14N2O3/c1-16-6-5-12-11(15)13-10-4-2-3-9(7-10)8-14/h2-4,7-8H,5-6H2,1H3,(H2,12,13,15)/p+1. The van der Waals surface area contributed by atoms with Crippen LogP contribution in [-0.4, -0.2) is 37.7 Å². The van der Waals surface area contributed by atoms with Crippen LogP contribution in [-0.2, 0) is 4.74 Å². The van der Waals surface area contributed by atoms with Crippen LogP contribution < -0.4 is 10.3 Å². The van der Waals surface area contributed by atoms with Gasteiger partial charge in [-0.2, -0.15) is 0 Å². The lowest BCUT2D eigenvalue weighted by Crippen LogP contribution is -2.76. The normalized spacial score (nSPS) is 11.2. The topological polar surface area (TPSA) is 72.5 Å². The summed E-state index contributed by atoms with van der Waals surface area (Å²) < 4.78 is 4.82. The number of hydrogen-bond donors (Lipinski definition) is 3.